The first kappa shape index (κ1) is 14.8. The van der Waals surface area contributed by atoms with E-state index in [0.29, 0.717) is 18.7 Å². The van der Waals surface area contributed by atoms with Crippen LogP contribution in [0.15, 0.2) is 30.8 Å². The Morgan fingerprint density at radius 3 is 2.64 bits per heavy atom. The van der Waals surface area contributed by atoms with Crippen LogP contribution >= 0.6 is 0 Å². The average molecular weight is 298 g/mol. The standard InChI is InChI=1S/C18H22N2O2/c1-3-14-5-7-15(8-6-14)16(21)20-12-10-18(13-20)9-4-11-19(2)17(18)22/h3,5-8H,1,4,9-13H2,2H3/t18-/m0/s1. The zero-order chi connectivity index (χ0) is 15.7. The molecule has 4 nitrogen and oxygen atoms in total. The van der Waals surface area contributed by atoms with Crippen LogP contribution in [0.25, 0.3) is 6.08 Å². The lowest BCUT2D eigenvalue weighted by molar-refractivity contribution is -0.143. The summed E-state index contributed by atoms with van der Waals surface area (Å²) in [7, 11) is 1.86. The summed E-state index contributed by atoms with van der Waals surface area (Å²) in [6, 6.07) is 7.45. The first-order valence-electron chi connectivity index (χ1n) is 7.83. The number of hydrogen-bond acceptors (Lipinski definition) is 2. The van der Waals surface area contributed by atoms with Crippen molar-refractivity contribution in [3.8, 4) is 0 Å². The lowest BCUT2D eigenvalue weighted by atomic mass is 9.78. The highest BCUT2D eigenvalue weighted by Crippen LogP contribution is 2.40. The smallest absolute Gasteiger partial charge is 0.253 e. The number of amides is 2. The van der Waals surface area contributed by atoms with Gasteiger partial charge in [-0.1, -0.05) is 24.8 Å². The third-order valence-corrected chi connectivity index (χ3v) is 4.98. The maximum absolute atomic E-state index is 12.6. The van der Waals surface area contributed by atoms with E-state index in [0.717, 1.165) is 31.4 Å². The molecule has 2 saturated heterocycles. The van der Waals surface area contributed by atoms with E-state index in [9.17, 15) is 9.59 Å². The van der Waals surface area contributed by atoms with E-state index >= 15 is 0 Å². The molecular weight excluding hydrogens is 276 g/mol. The first-order chi connectivity index (χ1) is 10.6. The van der Waals surface area contributed by atoms with E-state index in [1.807, 2.05) is 41.1 Å². The summed E-state index contributed by atoms with van der Waals surface area (Å²) in [5.74, 6) is 0.226. The van der Waals surface area contributed by atoms with Crippen LogP contribution in [0.1, 0.15) is 35.2 Å². The summed E-state index contributed by atoms with van der Waals surface area (Å²) >= 11 is 0. The zero-order valence-electron chi connectivity index (χ0n) is 13.0. The second-order valence-electron chi connectivity index (χ2n) is 6.41. The minimum absolute atomic E-state index is 0.0218. The van der Waals surface area contributed by atoms with Crippen LogP contribution in [-0.2, 0) is 4.79 Å². The van der Waals surface area contributed by atoms with Gasteiger partial charge in [0.2, 0.25) is 5.91 Å². The van der Waals surface area contributed by atoms with Crippen LogP contribution in [-0.4, -0.2) is 48.3 Å². The van der Waals surface area contributed by atoms with Crippen LogP contribution in [0.2, 0.25) is 0 Å². The summed E-state index contributed by atoms with van der Waals surface area (Å²) in [6.45, 7) is 5.77. The normalized spacial score (nSPS) is 24.9. The molecule has 2 fully saturated rings. The molecule has 1 aromatic carbocycles. The molecule has 0 aromatic heterocycles. The Bertz CT molecular complexity index is 608. The summed E-state index contributed by atoms with van der Waals surface area (Å²) < 4.78 is 0. The van der Waals surface area contributed by atoms with E-state index in [2.05, 4.69) is 6.58 Å². The summed E-state index contributed by atoms with van der Waals surface area (Å²) in [6.07, 6.45) is 4.47. The molecular formula is C18H22N2O2. The van der Waals surface area contributed by atoms with Gasteiger partial charge in [0.25, 0.3) is 5.91 Å². The highest BCUT2D eigenvalue weighted by molar-refractivity contribution is 5.95. The van der Waals surface area contributed by atoms with Crippen LogP contribution in [0, 0.1) is 5.41 Å². The Morgan fingerprint density at radius 1 is 1.23 bits per heavy atom. The third kappa shape index (κ3) is 2.43. The molecule has 0 N–H and O–H groups in total. The molecule has 2 aliphatic heterocycles. The molecule has 3 rings (SSSR count). The Morgan fingerprint density at radius 2 is 1.95 bits per heavy atom. The molecule has 0 unspecified atom stereocenters. The number of rotatable bonds is 2. The molecule has 116 valence electrons. The predicted molar refractivity (Wildman–Crippen MR) is 86.4 cm³/mol. The minimum Gasteiger partial charge on any atom is -0.345 e. The lowest BCUT2D eigenvalue weighted by Gasteiger charge is -2.37. The lowest BCUT2D eigenvalue weighted by Crippen LogP contribution is -2.48. The van der Waals surface area contributed by atoms with Crippen molar-refractivity contribution in [2.24, 2.45) is 5.41 Å². The van der Waals surface area contributed by atoms with Crippen LogP contribution in [0.4, 0.5) is 0 Å². The second kappa shape index (κ2) is 5.59. The van der Waals surface area contributed by atoms with Crippen LogP contribution in [0.5, 0.6) is 0 Å². The van der Waals surface area contributed by atoms with Gasteiger partial charge in [-0.2, -0.15) is 0 Å². The Kier molecular flexibility index (Phi) is 3.77. The molecule has 0 radical (unpaired) electrons. The molecule has 4 heteroatoms. The molecule has 0 saturated carbocycles. The van der Waals surface area contributed by atoms with Crippen LogP contribution in [0.3, 0.4) is 0 Å². The van der Waals surface area contributed by atoms with Crippen molar-refractivity contribution in [1.82, 2.24) is 9.80 Å². The van der Waals surface area contributed by atoms with Crippen molar-refractivity contribution in [2.45, 2.75) is 19.3 Å². The quantitative estimate of drug-likeness (QED) is 0.841. The molecule has 22 heavy (non-hydrogen) atoms. The van der Waals surface area contributed by atoms with E-state index < -0.39 is 0 Å². The summed E-state index contributed by atoms with van der Waals surface area (Å²) in [5, 5.41) is 0. The topological polar surface area (TPSA) is 40.6 Å². The fraction of sp³-hybridized carbons (Fsp3) is 0.444. The van der Waals surface area contributed by atoms with Crippen molar-refractivity contribution in [2.75, 3.05) is 26.7 Å². The number of carbonyl (C=O) groups excluding carboxylic acids is 2. The maximum atomic E-state index is 12.6. The second-order valence-corrected chi connectivity index (χ2v) is 6.41. The van der Waals surface area contributed by atoms with Gasteiger partial charge in [0.1, 0.15) is 0 Å². The van der Waals surface area contributed by atoms with Crippen LogP contribution < -0.4 is 0 Å². The van der Waals surface area contributed by atoms with Crippen molar-refractivity contribution >= 4 is 17.9 Å². The molecule has 0 bridgehead atoms. The van der Waals surface area contributed by atoms with Crippen molar-refractivity contribution in [3.63, 3.8) is 0 Å². The Labute approximate surface area is 131 Å². The Balaban J connectivity index is 1.75. The minimum atomic E-state index is -0.344. The number of hydrogen-bond donors (Lipinski definition) is 0. The number of nitrogens with zero attached hydrogens (tertiary/aromatic N) is 2. The zero-order valence-corrected chi connectivity index (χ0v) is 13.0. The number of benzene rings is 1. The highest BCUT2D eigenvalue weighted by atomic mass is 16.2. The van der Waals surface area contributed by atoms with E-state index in [1.54, 1.807) is 6.08 Å². The molecule has 2 heterocycles. The van der Waals surface area contributed by atoms with Gasteiger partial charge < -0.3 is 9.80 Å². The fourth-order valence-corrected chi connectivity index (χ4v) is 3.64. The molecule has 1 atom stereocenters. The molecule has 2 amide bonds. The fourth-order valence-electron chi connectivity index (χ4n) is 3.64. The number of carbonyl (C=O) groups is 2. The number of likely N-dealkylation sites (tertiary alicyclic amines) is 2. The van der Waals surface area contributed by atoms with E-state index in [1.165, 1.54) is 0 Å². The average Bonchev–Trinajstić information content (AvgIpc) is 2.97. The van der Waals surface area contributed by atoms with E-state index in [4.69, 9.17) is 0 Å². The van der Waals surface area contributed by atoms with Gasteiger partial charge in [-0.3, -0.25) is 9.59 Å². The highest BCUT2D eigenvalue weighted by Gasteiger charge is 2.48. The van der Waals surface area contributed by atoms with Gasteiger partial charge in [0.05, 0.1) is 5.41 Å². The largest absolute Gasteiger partial charge is 0.345 e. The van der Waals surface area contributed by atoms with Crippen molar-refractivity contribution in [1.29, 1.82) is 0 Å². The van der Waals surface area contributed by atoms with Gasteiger partial charge in [-0.25, -0.2) is 0 Å². The third-order valence-electron chi connectivity index (χ3n) is 4.98. The van der Waals surface area contributed by atoms with E-state index in [-0.39, 0.29) is 17.2 Å². The molecule has 2 aliphatic rings. The SMILES string of the molecule is C=Cc1ccc(C(=O)N2CC[C@@]3(CCCN(C)C3=O)C2)cc1. The molecule has 1 aromatic rings. The van der Waals surface area contributed by atoms with Crippen molar-refractivity contribution < 1.29 is 9.59 Å². The van der Waals surface area contributed by atoms with Gasteiger partial charge in [-0.15, -0.1) is 0 Å². The molecule has 1 spiro atoms. The maximum Gasteiger partial charge on any atom is 0.253 e. The molecule has 0 aliphatic carbocycles. The first-order valence-corrected chi connectivity index (χ1v) is 7.83. The number of piperidine rings is 1. The van der Waals surface area contributed by atoms with Gasteiger partial charge in [0.15, 0.2) is 0 Å². The van der Waals surface area contributed by atoms with Gasteiger partial charge in [-0.05, 0) is 37.0 Å². The van der Waals surface area contributed by atoms with Gasteiger partial charge in [0, 0.05) is 32.2 Å². The van der Waals surface area contributed by atoms with Crippen molar-refractivity contribution in [3.05, 3.63) is 42.0 Å². The monoisotopic (exact) mass is 298 g/mol. The Hall–Kier alpha value is -2.10. The van der Waals surface area contributed by atoms with Gasteiger partial charge >= 0.3 is 0 Å². The predicted octanol–water partition coefficient (Wildman–Crippen LogP) is 2.41. The summed E-state index contributed by atoms with van der Waals surface area (Å²) in [4.78, 5) is 28.8. The summed E-state index contributed by atoms with van der Waals surface area (Å²) in [5.41, 5.74) is 1.33.